The highest BCUT2D eigenvalue weighted by Gasteiger charge is 2.07. The van der Waals surface area contributed by atoms with Crippen molar-refractivity contribution in [1.82, 2.24) is 5.32 Å². The molecule has 0 aromatic carbocycles. The Kier molecular flexibility index (Phi) is 5.10. The average molecular weight is 154 g/mol. The van der Waals surface area contributed by atoms with E-state index >= 15 is 0 Å². The van der Waals surface area contributed by atoms with Gasteiger partial charge in [-0.15, -0.1) is 12.4 Å². The molecule has 3 heteroatoms. The van der Waals surface area contributed by atoms with E-state index in [9.17, 15) is 4.39 Å². The molecule has 1 N–H and O–H groups in total. The minimum atomic E-state index is -0.586. The van der Waals surface area contributed by atoms with Crippen LogP contribution in [-0.4, -0.2) is 19.3 Å². The molecule has 0 aromatic rings. The Morgan fingerprint density at radius 3 is 2.89 bits per heavy atom. The monoisotopic (exact) mass is 153 g/mol. The third-order valence-electron chi connectivity index (χ3n) is 1.49. The van der Waals surface area contributed by atoms with Crippen molar-refractivity contribution in [2.24, 2.45) is 0 Å². The summed E-state index contributed by atoms with van der Waals surface area (Å²) in [6, 6.07) is 0. The van der Waals surface area contributed by atoms with Gasteiger partial charge in [-0.1, -0.05) is 0 Å². The summed E-state index contributed by atoms with van der Waals surface area (Å²) >= 11 is 0. The van der Waals surface area contributed by atoms with Gasteiger partial charge in [-0.05, 0) is 25.8 Å². The molecule has 1 aliphatic heterocycles. The molecule has 1 rings (SSSR count). The van der Waals surface area contributed by atoms with Gasteiger partial charge in [-0.3, -0.25) is 0 Å². The Bertz CT molecular complexity index is 62.1. The minimum Gasteiger partial charge on any atom is -0.314 e. The molecule has 0 amide bonds. The fraction of sp³-hybridized carbons (Fsp3) is 1.00. The molecule has 1 fully saturated rings. The van der Waals surface area contributed by atoms with Gasteiger partial charge in [0.2, 0.25) is 0 Å². The fourth-order valence-electron chi connectivity index (χ4n) is 0.977. The van der Waals surface area contributed by atoms with Crippen LogP contribution in [0.5, 0.6) is 0 Å². The number of hydrogen-bond donors (Lipinski definition) is 1. The van der Waals surface area contributed by atoms with Crippen molar-refractivity contribution < 1.29 is 4.39 Å². The topological polar surface area (TPSA) is 12.0 Å². The van der Waals surface area contributed by atoms with Crippen molar-refractivity contribution in [3.8, 4) is 0 Å². The second-order valence-electron chi connectivity index (χ2n) is 2.30. The van der Waals surface area contributed by atoms with Crippen LogP contribution in [0.1, 0.15) is 19.3 Å². The van der Waals surface area contributed by atoms with E-state index in [0.717, 1.165) is 25.8 Å². The summed E-state index contributed by atoms with van der Waals surface area (Å²) in [6.07, 6.45) is 2.36. The van der Waals surface area contributed by atoms with Gasteiger partial charge in [-0.2, -0.15) is 0 Å². The average Bonchev–Trinajstić information content (AvgIpc) is 1.94. The van der Waals surface area contributed by atoms with Gasteiger partial charge in [-0.25, -0.2) is 4.39 Å². The van der Waals surface area contributed by atoms with Gasteiger partial charge in [0.05, 0.1) is 0 Å². The Labute approximate surface area is 61.4 Å². The summed E-state index contributed by atoms with van der Waals surface area (Å²) in [7, 11) is 0. The van der Waals surface area contributed by atoms with Crippen molar-refractivity contribution in [2.45, 2.75) is 25.4 Å². The van der Waals surface area contributed by atoms with Crippen LogP contribution in [0.2, 0.25) is 0 Å². The molecule has 0 radical (unpaired) electrons. The highest BCUT2D eigenvalue weighted by Crippen LogP contribution is 2.06. The van der Waals surface area contributed by atoms with E-state index in [1.54, 1.807) is 0 Å². The smallest absolute Gasteiger partial charge is 0.112 e. The van der Waals surface area contributed by atoms with E-state index in [2.05, 4.69) is 5.32 Å². The third kappa shape index (κ3) is 3.71. The zero-order valence-corrected chi connectivity index (χ0v) is 6.22. The first-order valence-corrected chi connectivity index (χ1v) is 3.24. The van der Waals surface area contributed by atoms with Gasteiger partial charge in [0.25, 0.3) is 0 Å². The van der Waals surface area contributed by atoms with Crippen LogP contribution < -0.4 is 5.32 Å². The molecule has 0 unspecified atom stereocenters. The molecule has 0 bridgehead atoms. The van der Waals surface area contributed by atoms with Crippen molar-refractivity contribution in [2.75, 3.05) is 13.1 Å². The lowest BCUT2D eigenvalue weighted by molar-refractivity contribution is 0.314. The van der Waals surface area contributed by atoms with Gasteiger partial charge in [0.15, 0.2) is 0 Å². The van der Waals surface area contributed by atoms with E-state index in [0.29, 0.717) is 6.54 Å². The summed E-state index contributed by atoms with van der Waals surface area (Å²) in [5, 5.41) is 3.02. The van der Waals surface area contributed by atoms with E-state index in [4.69, 9.17) is 0 Å². The SMILES string of the molecule is Cl.F[C@@H]1CCCCNC1. The quantitative estimate of drug-likeness (QED) is 0.557. The summed E-state index contributed by atoms with van der Waals surface area (Å²) in [5.41, 5.74) is 0. The maximum atomic E-state index is 12.4. The van der Waals surface area contributed by atoms with Crippen molar-refractivity contribution >= 4 is 12.4 Å². The maximum Gasteiger partial charge on any atom is 0.112 e. The second-order valence-corrected chi connectivity index (χ2v) is 2.30. The molecule has 1 saturated heterocycles. The van der Waals surface area contributed by atoms with E-state index in [-0.39, 0.29) is 12.4 Å². The van der Waals surface area contributed by atoms with Crippen LogP contribution in [0.25, 0.3) is 0 Å². The van der Waals surface area contributed by atoms with Crippen LogP contribution in [0, 0.1) is 0 Å². The van der Waals surface area contributed by atoms with E-state index in [1.807, 2.05) is 0 Å². The predicted molar refractivity (Wildman–Crippen MR) is 38.9 cm³/mol. The fourth-order valence-corrected chi connectivity index (χ4v) is 0.977. The molecular weight excluding hydrogens is 141 g/mol. The van der Waals surface area contributed by atoms with Crippen LogP contribution in [0.3, 0.4) is 0 Å². The van der Waals surface area contributed by atoms with Crippen LogP contribution in [-0.2, 0) is 0 Å². The van der Waals surface area contributed by atoms with E-state index < -0.39 is 6.17 Å². The molecule has 0 saturated carbocycles. The van der Waals surface area contributed by atoms with Gasteiger partial charge < -0.3 is 5.32 Å². The standard InChI is InChI=1S/C6H12FN.ClH/c7-6-3-1-2-4-8-5-6;/h6,8H,1-5H2;1H/t6-;/m1./s1. The summed E-state index contributed by atoms with van der Waals surface area (Å²) in [4.78, 5) is 0. The highest BCUT2D eigenvalue weighted by molar-refractivity contribution is 5.85. The number of alkyl halides is 1. The minimum absolute atomic E-state index is 0. The van der Waals surface area contributed by atoms with Crippen molar-refractivity contribution in [3.05, 3.63) is 0 Å². The highest BCUT2D eigenvalue weighted by atomic mass is 35.5. The van der Waals surface area contributed by atoms with E-state index in [1.165, 1.54) is 0 Å². The Morgan fingerprint density at radius 2 is 2.11 bits per heavy atom. The molecular formula is C6H13ClFN. The normalized spacial score (nSPS) is 28.3. The predicted octanol–water partition coefficient (Wildman–Crippen LogP) is 1.52. The Hall–Kier alpha value is 0.180. The molecule has 1 atom stereocenters. The molecule has 56 valence electrons. The largest absolute Gasteiger partial charge is 0.314 e. The van der Waals surface area contributed by atoms with Gasteiger partial charge in [0.1, 0.15) is 6.17 Å². The molecule has 0 aromatic heterocycles. The molecule has 1 aliphatic rings. The second kappa shape index (κ2) is 5.00. The first-order valence-electron chi connectivity index (χ1n) is 3.24. The lowest BCUT2D eigenvalue weighted by Crippen LogP contribution is -2.20. The number of hydrogen-bond acceptors (Lipinski definition) is 1. The molecule has 9 heavy (non-hydrogen) atoms. The molecule has 1 heterocycles. The van der Waals surface area contributed by atoms with Crippen LogP contribution in [0.15, 0.2) is 0 Å². The zero-order valence-electron chi connectivity index (χ0n) is 5.40. The Morgan fingerprint density at radius 1 is 1.33 bits per heavy atom. The third-order valence-corrected chi connectivity index (χ3v) is 1.49. The Balaban J connectivity index is 0.000000640. The zero-order chi connectivity index (χ0) is 5.82. The van der Waals surface area contributed by atoms with Gasteiger partial charge >= 0.3 is 0 Å². The number of rotatable bonds is 0. The molecule has 0 aliphatic carbocycles. The van der Waals surface area contributed by atoms with Gasteiger partial charge in [0, 0.05) is 6.54 Å². The maximum absolute atomic E-state index is 12.4. The molecule has 0 spiro atoms. The number of nitrogens with one attached hydrogen (secondary N) is 1. The van der Waals surface area contributed by atoms with Crippen LogP contribution in [0.4, 0.5) is 4.39 Å². The van der Waals surface area contributed by atoms with Crippen LogP contribution >= 0.6 is 12.4 Å². The lowest BCUT2D eigenvalue weighted by Gasteiger charge is -1.99. The summed E-state index contributed by atoms with van der Waals surface area (Å²) in [5.74, 6) is 0. The lowest BCUT2D eigenvalue weighted by atomic mass is 10.2. The number of halogens is 2. The van der Waals surface area contributed by atoms with Crippen molar-refractivity contribution in [3.63, 3.8) is 0 Å². The first-order chi connectivity index (χ1) is 3.89. The first kappa shape index (κ1) is 9.18. The molecule has 1 nitrogen and oxygen atoms in total. The van der Waals surface area contributed by atoms with Crippen molar-refractivity contribution in [1.29, 1.82) is 0 Å². The summed E-state index contributed by atoms with van der Waals surface area (Å²) < 4.78 is 12.4. The summed E-state index contributed by atoms with van der Waals surface area (Å²) in [6.45, 7) is 1.57.